The van der Waals surface area contributed by atoms with E-state index in [0.29, 0.717) is 12.0 Å². The van der Waals surface area contributed by atoms with E-state index in [2.05, 4.69) is 21.9 Å². The van der Waals surface area contributed by atoms with Gasteiger partial charge in [-0.15, -0.1) is 0 Å². The normalized spacial score (nSPS) is 36.2. The van der Waals surface area contributed by atoms with Crippen LogP contribution in [0.2, 0.25) is 0 Å². The highest BCUT2D eigenvalue weighted by molar-refractivity contribution is 5.67. The van der Waals surface area contributed by atoms with Crippen molar-refractivity contribution >= 4 is 6.09 Å². The SMILES string of the molecule is COC(=O)NC1CCN(C2CC(C)CCC2CN)C1. The maximum absolute atomic E-state index is 11.3. The van der Waals surface area contributed by atoms with Crippen LogP contribution in [0.3, 0.4) is 0 Å². The Morgan fingerprint density at radius 1 is 1.42 bits per heavy atom. The quantitative estimate of drug-likeness (QED) is 0.807. The molecule has 1 saturated heterocycles. The van der Waals surface area contributed by atoms with Gasteiger partial charge in [-0.1, -0.05) is 13.3 Å². The standard InChI is InChI=1S/C14H27N3O2/c1-10-3-4-11(8-15)13(7-10)17-6-5-12(9-17)16-14(18)19-2/h10-13H,3-9,15H2,1-2H3,(H,16,18). The Labute approximate surface area is 115 Å². The number of ether oxygens (including phenoxy) is 1. The minimum atomic E-state index is -0.320. The maximum atomic E-state index is 11.3. The molecule has 0 aromatic rings. The van der Waals surface area contributed by atoms with Gasteiger partial charge in [0.1, 0.15) is 0 Å². The number of hydrogen-bond acceptors (Lipinski definition) is 4. The summed E-state index contributed by atoms with van der Waals surface area (Å²) in [7, 11) is 1.41. The lowest BCUT2D eigenvalue weighted by Gasteiger charge is -2.40. The van der Waals surface area contributed by atoms with E-state index < -0.39 is 0 Å². The molecule has 2 rings (SSSR count). The molecule has 4 unspecified atom stereocenters. The lowest BCUT2D eigenvalue weighted by Crippen LogP contribution is -2.47. The molecule has 0 aromatic heterocycles. The van der Waals surface area contributed by atoms with Crippen molar-refractivity contribution in [2.75, 3.05) is 26.7 Å². The van der Waals surface area contributed by atoms with Crippen LogP contribution in [0.15, 0.2) is 0 Å². The van der Waals surface area contributed by atoms with Crippen molar-refractivity contribution in [3.63, 3.8) is 0 Å². The molecule has 5 nitrogen and oxygen atoms in total. The highest BCUT2D eigenvalue weighted by Gasteiger charge is 2.36. The fourth-order valence-corrected chi connectivity index (χ4v) is 3.57. The predicted octanol–water partition coefficient (Wildman–Crippen LogP) is 1.18. The van der Waals surface area contributed by atoms with Gasteiger partial charge in [-0.05, 0) is 37.6 Å². The van der Waals surface area contributed by atoms with Crippen molar-refractivity contribution < 1.29 is 9.53 Å². The molecule has 4 atom stereocenters. The molecule has 19 heavy (non-hydrogen) atoms. The van der Waals surface area contributed by atoms with E-state index in [1.165, 1.54) is 26.4 Å². The molecule has 0 spiro atoms. The molecule has 1 heterocycles. The predicted molar refractivity (Wildman–Crippen MR) is 74.9 cm³/mol. The van der Waals surface area contributed by atoms with E-state index in [9.17, 15) is 4.79 Å². The van der Waals surface area contributed by atoms with Crippen LogP contribution in [0.4, 0.5) is 4.79 Å². The average molecular weight is 269 g/mol. The van der Waals surface area contributed by atoms with Gasteiger partial charge in [-0.3, -0.25) is 4.90 Å². The smallest absolute Gasteiger partial charge is 0.407 e. The van der Waals surface area contributed by atoms with Crippen LogP contribution < -0.4 is 11.1 Å². The molecular weight excluding hydrogens is 242 g/mol. The molecule has 0 radical (unpaired) electrons. The number of rotatable bonds is 3. The Balaban J connectivity index is 1.89. The van der Waals surface area contributed by atoms with Crippen molar-refractivity contribution in [2.24, 2.45) is 17.6 Å². The van der Waals surface area contributed by atoms with Crippen molar-refractivity contribution in [2.45, 2.75) is 44.7 Å². The van der Waals surface area contributed by atoms with Crippen LogP contribution in [0.1, 0.15) is 32.6 Å². The topological polar surface area (TPSA) is 67.6 Å². The summed E-state index contributed by atoms with van der Waals surface area (Å²) < 4.78 is 4.66. The Morgan fingerprint density at radius 3 is 2.89 bits per heavy atom. The number of nitrogens with zero attached hydrogens (tertiary/aromatic N) is 1. The highest BCUT2D eigenvalue weighted by Crippen LogP contribution is 2.33. The Bertz CT molecular complexity index is 311. The van der Waals surface area contributed by atoms with Gasteiger partial charge in [-0.2, -0.15) is 0 Å². The van der Waals surface area contributed by atoms with Crippen molar-refractivity contribution in [3.05, 3.63) is 0 Å². The minimum Gasteiger partial charge on any atom is -0.453 e. The van der Waals surface area contributed by atoms with Crippen LogP contribution >= 0.6 is 0 Å². The lowest BCUT2D eigenvalue weighted by molar-refractivity contribution is 0.104. The molecule has 1 amide bonds. The van der Waals surface area contributed by atoms with Gasteiger partial charge in [0.2, 0.25) is 0 Å². The number of nitrogens with two attached hydrogens (primary N) is 1. The number of amides is 1. The van der Waals surface area contributed by atoms with Gasteiger partial charge in [0, 0.05) is 25.2 Å². The molecule has 1 saturated carbocycles. The fourth-order valence-electron chi connectivity index (χ4n) is 3.57. The van der Waals surface area contributed by atoms with E-state index in [1.54, 1.807) is 0 Å². The summed E-state index contributed by atoms with van der Waals surface area (Å²) in [6, 6.07) is 0.821. The molecule has 2 aliphatic rings. The number of carbonyl (C=O) groups is 1. The first-order valence-electron chi connectivity index (χ1n) is 7.42. The summed E-state index contributed by atoms with van der Waals surface area (Å²) >= 11 is 0. The monoisotopic (exact) mass is 269 g/mol. The Hall–Kier alpha value is -0.810. The van der Waals surface area contributed by atoms with E-state index in [1.807, 2.05) is 0 Å². The Morgan fingerprint density at radius 2 is 2.21 bits per heavy atom. The third-order valence-corrected chi connectivity index (χ3v) is 4.72. The van der Waals surface area contributed by atoms with E-state index in [-0.39, 0.29) is 12.1 Å². The molecule has 5 heteroatoms. The lowest BCUT2D eigenvalue weighted by atomic mass is 9.78. The van der Waals surface area contributed by atoms with Crippen molar-refractivity contribution in [1.82, 2.24) is 10.2 Å². The van der Waals surface area contributed by atoms with Crippen molar-refractivity contribution in [1.29, 1.82) is 0 Å². The largest absolute Gasteiger partial charge is 0.453 e. The second-order valence-electron chi connectivity index (χ2n) is 6.10. The van der Waals surface area contributed by atoms with E-state index in [4.69, 9.17) is 5.73 Å². The molecule has 1 aliphatic heterocycles. The van der Waals surface area contributed by atoms with E-state index >= 15 is 0 Å². The first-order valence-corrected chi connectivity index (χ1v) is 7.42. The zero-order valence-electron chi connectivity index (χ0n) is 12.1. The van der Waals surface area contributed by atoms with Gasteiger partial charge in [0.15, 0.2) is 0 Å². The van der Waals surface area contributed by atoms with Gasteiger partial charge >= 0.3 is 6.09 Å². The second-order valence-corrected chi connectivity index (χ2v) is 6.10. The van der Waals surface area contributed by atoms with Gasteiger partial charge in [0.25, 0.3) is 0 Å². The molecule has 1 aliphatic carbocycles. The number of methoxy groups -OCH3 is 1. The van der Waals surface area contributed by atoms with Crippen molar-refractivity contribution in [3.8, 4) is 0 Å². The minimum absolute atomic E-state index is 0.225. The molecule has 0 bridgehead atoms. The number of carbonyl (C=O) groups excluding carboxylic acids is 1. The number of hydrogen-bond donors (Lipinski definition) is 2. The van der Waals surface area contributed by atoms with Gasteiger partial charge in [-0.25, -0.2) is 4.79 Å². The average Bonchev–Trinajstić information content (AvgIpc) is 2.86. The zero-order valence-corrected chi connectivity index (χ0v) is 12.1. The fraction of sp³-hybridized carbons (Fsp3) is 0.929. The molecule has 0 aromatic carbocycles. The second kappa shape index (κ2) is 6.57. The first kappa shape index (κ1) is 14.6. The number of alkyl carbamates (subject to hydrolysis) is 1. The summed E-state index contributed by atoms with van der Waals surface area (Å²) in [5.41, 5.74) is 5.93. The Kier molecular flexibility index (Phi) is 5.05. The third kappa shape index (κ3) is 3.60. The summed E-state index contributed by atoms with van der Waals surface area (Å²) in [6.07, 6.45) is 4.48. The zero-order chi connectivity index (χ0) is 13.8. The summed E-state index contributed by atoms with van der Waals surface area (Å²) in [6.45, 7) is 5.11. The third-order valence-electron chi connectivity index (χ3n) is 4.72. The molecular formula is C14H27N3O2. The highest BCUT2D eigenvalue weighted by atomic mass is 16.5. The maximum Gasteiger partial charge on any atom is 0.407 e. The summed E-state index contributed by atoms with van der Waals surface area (Å²) in [5, 5.41) is 2.91. The van der Waals surface area contributed by atoms with Gasteiger partial charge < -0.3 is 15.8 Å². The van der Waals surface area contributed by atoms with Crippen LogP contribution in [0, 0.1) is 11.8 Å². The van der Waals surface area contributed by atoms with E-state index in [0.717, 1.165) is 32.0 Å². The van der Waals surface area contributed by atoms with Crippen LogP contribution in [-0.4, -0.2) is 49.8 Å². The first-order chi connectivity index (χ1) is 9.13. The molecule has 2 fully saturated rings. The molecule has 110 valence electrons. The van der Waals surface area contributed by atoms with Gasteiger partial charge in [0.05, 0.1) is 7.11 Å². The number of likely N-dealkylation sites (tertiary alicyclic amines) is 1. The van der Waals surface area contributed by atoms with Crippen LogP contribution in [0.5, 0.6) is 0 Å². The van der Waals surface area contributed by atoms with Crippen LogP contribution in [-0.2, 0) is 4.74 Å². The van der Waals surface area contributed by atoms with Crippen LogP contribution in [0.25, 0.3) is 0 Å². The summed E-state index contributed by atoms with van der Waals surface area (Å²) in [5.74, 6) is 1.41. The number of nitrogens with one attached hydrogen (secondary N) is 1. The molecule has 3 N–H and O–H groups in total. The summed E-state index contributed by atoms with van der Waals surface area (Å²) in [4.78, 5) is 13.8.